The molecule has 1 unspecified atom stereocenters. The predicted octanol–water partition coefficient (Wildman–Crippen LogP) is 3.01. The summed E-state index contributed by atoms with van der Waals surface area (Å²) in [6, 6.07) is 6.36. The molecule has 13 nitrogen and oxygen atoms in total. The monoisotopic (exact) mass is 564 g/mol. The number of hydrogen-bond acceptors (Lipinski definition) is 9. The number of nitrogens with one attached hydrogen (secondary N) is 2. The molecule has 3 aromatic rings. The van der Waals surface area contributed by atoms with E-state index in [9.17, 15) is 14.4 Å². The topological polar surface area (TPSA) is 143 Å². The Morgan fingerprint density at radius 3 is 2.63 bits per heavy atom. The van der Waals surface area contributed by atoms with E-state index in [4.69, 9.17) is 9.47 Å². The first-order valence-corrected chi connectivity index (χ1v) is 13.7. The summed E-state index contributed by atoms with van der Waals surface area (Å²) in [7, 11) is 3.18. The lowest BCUT2D eigenvalue weighted by Gasteiger charge is -2.35. The number of pyridine rings is 1. The number of aromatic nitrogens is 4. The molecule has 3 aromatic heterocycles. The van der Waals surface area contributed by atoms with E-state index >= 15 is 0 Å². The number of piperidine rings is 1. The van der Waals surface area contributed by atoms with Crippen LogP contribution in [0.4, 0.5) is 22.2 Å². The molecule has 1 saturated heterocycles. The van der Waals surface area contributed by atoms with Gasteiger partial charge < -0.3 is 20.1 Å². The van der Waals surface area contributed by atoms with Crippen molar-refractivity contribution in [3.8, 4) is 0 Å². The van der Waals surface area contributed by atoms with Crippen LogP contribution in [0.25, 0.3) is 5.65 Å². The van der Waals surface area contributed by atoms with E-state index in [-0.39, 0.29) is 35.2 Å². The molecule has 41 heavy (non-hydrogen) atoms. The van der Waals surface area contributed by atoms with Crippen LogP contribution in [0.2, 0.25) is 0 Å². The third-order valence-corrected chi connectivity index (χ3v) is 7.23. The average molecular weight is 565 g/mol. The van der Waals surface area contributed by atoms with Gasteiger partial charge in [0.25, 0.3) is 11.8 Å². The number of nitrogens with zero attached hydrogens (tertiary/aromatic N) is 6. The van der Waals surface area contributed by atoms with Gasteiger partial charge in [0.1, 0.15) is 34.7 Å². The van der Waals surface area contributed by atoms with Crippen LogP contribution in [-0.2, 0) is 14.3 Å². The van der Waals surface area contributed by atoms with Gasteiger partial charge in [-0.2, -0.15) is 9.61 Å². The first-order valence-electron chi connectivity index (χ1n) is 13.7. The molecule has 2 fully saturated rings. The molecular weight excluding hydrogens is 528 g/mol. The predicted molar refractivity (Wildman–Crippen MR) is 152 cm³/mol. The van der Waals surface area contributed by atoms with Crippen molar-refractivity contribution in [2.45, 2.75) is 70.2 Å². The number of anilines is 3. The van der Waals surface area contributed by atoms with Crippen molar-refractivity contribution in [2.75, 3.05) is 35.8 Å². The fourth-order valence-electron chi connectivity index (χ4n) is 4.94. The van der Waals surface area contributed by atoms with Gasteiger partial charge in [-0.05, 0) is 58.6 Å². The van der Waals surface area contributed by atoms with Crippen molar-refractivity contribution >= 4 is 41.0 Å². The Morgan fingerprint density at radius 1 is 1.17 bits per heavy atom. The van der Waals surface area contributed by atoms with E-state index in [1.54, 1.807) is 64.2 Å². The van der Waals surface area contributed by atoms with E-state index in [1.165, 1.54) is 15.6 Å². The highest BCUT2D eigenvalue weighted by Crippen LogP contribution is 2.27. The first-order chi connectivity index (χ1) is 19.6. The fraction of sp³-hybridized carbons (Fsp3) is 0.500. The van der Waals surface area contributed by atoms with E-state index < -0.39 is 17.7 Å². The number of carbonyl (C=O) groups excluding carboxylic acids is 3. The van der Waals surface area contributed by atoms with Gasteiger partial charge in [0.15, 0.2) is 5.65 Å². The zero-order valence-corrected chi connectivity index (χ0v) is 24.0. The molecule has 2 aliphatic rings. The number of rotatable bonds is 7. The Morgan fingerprint density at radius 2 is 1.98 bits per heavy atom. The summed E-state index contributed by atoms with van der Waals surface area (Å²) >= 11 is 0. The zero-order valence-electron chi connectivity index (χ0n) is 24.0. The normalized spacial score (nSPS) is 20.9. The number of fused-ring (bicyclic) bond motifs is 1. The van der Waals surface area contributed by atoms with Crippen LogP contribution >= 0.6 is 0 Å². The highest BCUT2D eigenvalue weighted by molar-refractivity contribution is 6.01. The average Bonchev–Trinajstić information content (AvgIpc) is 3.35. The van der Waals surface area contributed by atoms with Crippen LogP contribution in [-0.4, -0.2) is 82.0 Å². The molecule has 1 aliphatic heterocycles. The van der Waals surface area contributed by atoms with Crippen molar-refractivity contribution in [3.05, 3.63) is 42.2 Å². The third kappa shape index (κ3) is 5.94. The van der Waals surface area contributed by atoms with Crippen LogP contribution in [0.15, 0.2) is 36.7 Å². The molecule has 0 aromatic carbocycles. The minimum atomic E-state index is -0.724. The Bertz CT molecular complexity index is 1430. The quantitative estimate of drug-likeness (QED) is 0.443. The van der Waals surface area contributed by atoms with E-state index in [1.807, 2.05) is 6.07 Å². The molecule has 5 rings (SSSR count). The summed E-state index contributed by atoms with van der Waals surface area (Å²) in [4.78, 5) is 51.7. The van der Waals surface area contributed by atoms with Gasteiger partial charge in [0, 0.05) is 33.0 Å². The van der Waals surface area contributed by atoms with Crippen LogP contribution < -0.4 is 20.4 Å². The molecule has 1 aliphatic carbocycles. The maximum atomic E-state index is 13.4. The van der Waals surface area contributed by atoms with Crippen molar-refractivity contribution in [1.29, 1.82) is 0 Å². The lowest BCUT2D eigenvalue weighted by atomic mass is 9.89. The van der Waals surface area contributed by atoms with Crippen LogP contribution in [0.1, 0.15) is 56.8 Å². The van der Waals surface area contributed by atoms with E-state index in [2.05, 4.69) is 25.7 Å². The number of methoxy groups -OCH3 is 1. The smallest absolute Gasteiger partial charge is 0.415 e. The summed E-state index contributed by atoms with van der Waals surface area (Å²) in [5.41, 5.74) is -0.256. The summed E-state index contributed by atoms with van der Waals surface area (Å²) < 4.78 is 12.4. The molecular formula is C28H36N8O5. The maximum Gasteiger partial charge on any atom is 0.415 e. The number of carbonyl (C=O) groups is 3. The van der Waals surface area contributed by atoms with Crippen LogP contribution in [0.5, 0.6) is 0 Å². The number of hydrogen-bond donors (Lipinski definition) is 2. The Balaban J connectivity index is 1.48. The van der Waals surface area contributed by atoms with Gasteiger partial charge in [0.2, 0.25) is 0 Å². The summed E-state index contributed by atoms with van der Waals surface area (Å²) in [6.07, 6.45) is 5.45. The van der Waals surface area contributed by atoms with Gasteiger partial charge in [-0.3, -0.25) is 19.4 Å². The lowest BCUT2D eigenvalue weighted by Crippen LogP contribution is -2.51. The standard InChI is InChI=1S/C28H36N8O5/c1-28(2,3)41-27(39)34(4)23-15-21(31-19-9-8-14-35(26(19)38)22-10-6-7-13-29-22)33-24-17(16-30-36(23)24)25(37)32-18-11-12-20(18)40-5/h6-7,10,13,15-16,18-20H,8-9,11-12,14H2,1-5H3,(H,31,33)(H,32,37)/t18-,19?,20-/m1/s1. The van der Waals surface area contributed by atoms with Gasteiger partial charge in [-0.1, -0.05) is 6.07 Å². The second-order valence-electron chi connectivity index (χ2n) is 11.3. The first kappa shape index (κ1) is 28.3. The number of ether oxygens (including phenoxy) is 2. The fourth-order valence-corrected chi connectivity index (χ4v) is 4.94. The van der Waals surface area contributed by atoms with E-state index in [0.29, 0.717) is 30.4 Å². The van der Waals surface area contributed by atoms with Gasteiger partial charge in [0.05, 0.1) is 18.3 Å². The van der Waals surface area contributed by atoms with Gasteiger partial charge in [-0.15, -0.1) is 0 Å². The molecule has 4 heterocycles. The highest BCUT2D eigenvalue weighted by atomic mass is 16.6. The van der Waals surface area contributed by atoms with Gasteiger partial charge >= 0.3 is 6.09 Å². The SMILES string of the molecule is CO[C@@H]1CC[C@H]1NC(=O)c1cnn2c(N(C)C(=O)OC(C)(C)C)cc(NC3CCCN(c4ccccn4)C3=O)nc12. The van der Waals surface area contributed by atoms with Gasteiger partial charge in [-0.25, -0.2) is 14.8 Å². The van der Waals surface area contributed by atoms with Crippen molar-refractivity contribution in [1.82, 2.24) is 24.9 Å². The molecule has 3 amide bonds. The Labute approximate surface area is 238 Å². The zero-order chi connectivity index (χ0) is 29.3. The second-order valence-corrected chi connectivity index (χ2v) is 11.3. The minimum Gasteiger partial charge on any atom is -0.443 e. The third-order valence-electron chi connectivity index (χ3n) is 7.23. The summed E-state index contributed by atoms with van der Waals surface area (Å²) in [5, 5.41) is 10.6. The summed E-state index contributed by atoms with van der Waals surface area (Å²) in [6.45, 7) is 5.89. The lowest BCUT2D eigenvalue weighted by molar-refractivity contribution is -0.120. The van der Waals surface area contributed by atoms with Crippen LogP contribution in [0.3, 0.4) is 0 Å². The van der Waals surface area contributed by atoms with Crippen molar-refractivity contribution < 1.29 is 23.9 Å². The molecule has 218 valence electrons. The molecule has 3 atom stereocenters. The second kappa shape index (κ2) is 11.3. The molecule has 0 bridgehead atoms. The van der Waals surface area contributed by atoms with Crippen molar-refractivity contribution in [2.24, 2.45) is 0 Å². The number of amides is 3. The molecule has 13 heteroatoms. The molecule has 2 N–H and O–H groups in total. The molecule has 1 saturated carbocycles. The summed E-state index contributed by atoms with van der Waals surface area (Å²) in [5.74, 6) is 0.724. The van der Waals surface area contributed by atoms with E-state index in [0.717, 1.165) is 19.3 Å². The largest absolute Gasteiger partial charge is 0.443 e. The Kier molecular flexibility index (Phi) is 7.80. The molecule has 0 radical (unpaired) electrons. The highest BCUT2D eigenvalue weighted by Gasteiger charge is 2.34. The Hall–Kier alpha value is -4.26. The van der Waals surface area contributed by atoms with Crippen LogP contribution in [0, 0.1) is 0 Å². The molecule has 0 spiro atoms. The minimum absolute atomic E-state index is 0.0424. The van der Waals surface area contributed by atoms with Crippen molar-refractivity contribution in [3.63, 3.8) is 0 Å². The maximum absolute atomic E-state index is 13.4.